The molecule has 1 aromatic heterocycles. The van der Waals surface area contributed by atoms with Gasteiger partial charge in [-0.05, 0) is 13.0 Å². The van der Waals surface area contributed by atoms with Crippen LogP contribution in [0.1, 0.15) is 11.5 Å². The van der Waals surface area contributed by atoms with Crippen molar-refractivity contribution in [1.82, 2.24) is 9.97 Å². The summed E-state index contributed by atoms with van der Waals surface area (Å²) in [5.41, 5.74) is 2.42. The Morgan fingerprint density at radius 1 is 1.40 bits per heavy atom. The minimum Gasteiger partial charge on any atom is -0.333 e. The van der Waals surface area contributed by atoms with E-state index >= 15 is 0 Å². The van der Waals surface area contributed by atoms with Gasteiger partial charge in [-0.3, -0.25) is 0 Å². The van der Waals surface area contributed by atoms with Crippen LogP contribution in [0.25, 0.3) is 11.3 Å². The first kappa shape index (κ1) is 9.75. The van der Waals surface area contributed by atoms with Gasteiger partial charge in [-0.1, -0.05) is 29.8 Å². The maximum absolute atomic E-state index is 8.71. The topological polar surface area (TPSA) is 52.5 Å². The van der Waals surface area contributed by atoms with Gasteiger partial charge in [-0.2, -0.15) is 5.26 Å². The monoisotopic (exact) mass is 217 g/mol. The number of aryl methyl sites for hydroxylation is 1. The highest BCUT2D eigenvalue weighted by atomic mass is 35.5. The number of imidazole rings is 1. The summed E-state index contributed by atoms with van der Waals surface area (Å²) in [6.07, 6.45) is 0. The molecule has 74 valence electrons. The van der Waals surface area contributed by atoms with Gasteiger partial charge in [0.2, 0.25) is 5.82 Å². The SMILES string of the molecule is Cc1[nH]c(C#N)nc1-c1ccccc1Cl. The van der Waals surface area contributed by atoms with E-state index in [9.17, 15) is 0 Å². The summed E-state index contributed by atoms with van der Waals surface area (Å²) >= 11 is 6.05. The van der Waals surface area contributed by atoms with Gasteiger partial charge in [-0.15, -0.1) is 0 Å². The Kier molecular flexibility index (Phi) is 2.44. The fourth-order valence-electron chi connectivity index (χ4n) is 1.43. The first-order valence-electron chi connectivity index (χ1n) is 4.44. The van der Waals surface area contributed by atoms with E-state index in [1.54, 1.807) is 6.07 Å². The van der Waals surface area contributed by atoms with Crippen molar-refractivity contribution >= 4 is 11.6 Å². The Bertz CT molecular complexity index is 537. The lowest BCUT2D eigenvalue weighted by Crippen LogP contribution is -1.82. The molecule has 2 aromatic rings. The number of hydrogen-bond donors (Lipinski definition) is 1. The highest BCUT2D eigenvalue weighted by molar-refractivity contribution is 6.33. The van der Waals surface area contributed by atoms with Gasteiger partial charge in [0.05, 0.1) is 10.7 Å². The maximum atomic E-state index is 8.71. The van der Waals surface area contributed by atoms with Crippen molar-refractivity contribution in [2.45, 2.75) is 6.92 Å². The lowest BCUT2D eigenvalue weighted by atomic mass is 10.1. The third-order valence-corrected chi connectivity index (χ3v) is 2.45. The standard InChI is InChI=1S/C11H8ClN3/c1-7-11(15-10(6-13)14-7)8-4-2-3-5-9(8)12/h2-5H,1H3,(H,14,15). The van der Waals surface area contributed by atoms with Gasteiger partial charge in [0.1, 0.15) is 6.07 Å². The lowest BCUT2D eigenvalue weighted by Gasteiger charge is -2.00. The van der Waals surface area contributed by atoms with Crippen LogP contribution in [0.3, 0.4) is 0 Å². The molecule has 1 N–H and O–H groups in total. The zero-order valence-electron chi connectivity index (χ0n) is 8.08. The molecule has 15 heavy (non-hydrogen) atoms. The number of nitrogens with one attached hydrogen (secondary N) is 1. The van der Waals surface area contributed by atoms with Gasteiger partial charge in [0.25, 0.3) is 0 Å². The molecular formula is C11H8ClN3. The third-order valence-electron chi connectivity index (χ3n) is 2.12. The van der Waals surface area contributed by atoms with Crippen molar-refractivity contribution in [3.8, 4) is 17.3 Å². The summed E-state index contributed by atoms with van der Waals surface area (Å²) in [6.45, 7) is 1.87. The number of hydrogen-bond acceptors (Lipinski definition) is 2. The Balaban J connectivity index is 2.60. The molecule has 0 unspecified atom stereocenters. The van der Waals surface area contributed by atoms with Crippen LogP contribution >= 0.6 is 11.6 Å². The number of aromatic nitrogens is 2. The Morgan fingerprint density at radius 2 is 2.13 bits per heavy atom. The molecule has 0 radical (unpaired) electrons. The lowest BCUT2D eigenvalue weighted by molar-refractivity contribution is 1.20. The number of aromatic amines is 1. The predicted molar refractivity (Wildman–Crippen MR) is 58.5 cm³/mol. The third kappa shape index (κ3) is 1.72. The molecule has 0 fully saturated rings. The molecule has 0 amide bonds. The summed E-state index contributed by atoms with van der Waals surface area (Å²) in [7, 11) is 0. The molecule has 0 aliphatic carbocycles. The Hall–Kier alpha value is -1.79. The molecule has 0 spiro atoms. The molecule has 1 aromatic carbocycles. The number of H-pyrrole nitrogens is 1. The van der Waals surface area contributed by atoms with Gasteiger partial charge in [0, 0.05) is 11.3 Å². The van der Waals surface area contributed by atoms with Crippen LogP contribution in [0.4, 0.5) is 0 Å². The van der Waals surface area contributed by atoms with E-state index in [4.69, 9.17) is 16.9 Å². The molecule has 0 aliphatic heterocycles. The number of benzene rings is 1. The van der Waals surface area contributed by atoms with Gasteiger partial charge >= 0.3 is 0 Å². The molecule has 0 bridgehead atoms. The first-order chi connectivity index (χ1) is 7.22. The highest BCUT2D eigenvalue weighted by Gasteiger charge is 2.10. The second-order valence-corrected chi connectivity index (χ2v) is 3.56. The summed E-state index contributed by atoms with van der Waals surface area (Å²) in [4.78, 5) is 7.05. The number of nitriles is 1. The van der Waals surface area contributed by atoms with Crippen LogP contribution in [-0.4, -0.2) is 9.97 Å². The highest BCUT2D eigenvalue weighted by Crippen LogP contribution is 2.28. The van der Waals surface area contributed by atoms with Crippen molar-refractivity contribution in [3.63, 3.8) is 0 Å². The minimum atomic E-state index is 0.308. The molecular weight excluding hydrogens is 210 g/mol. The fraction of sp³-hybridized carbons (Fsp3) is 0.0909. The molecule has 0 saturated heterocycles. The van der Waals surface area contributed by atoms with Crippen LogP contribution < -0.4 is 0 Å². The molecule has 4 heteroatoms. The van der Waals surface area contributed by atoms with Crippen molar-refractivity contribution in [2.75, 3.05) is 0 Å². The van der Waals surface area contributed by atoms with E-state index in [0.717, 1.165) is 17.0 Å². The quantitative estimate of drug-likeness (QED) is 0.799. The molecule has 0 atom stereocenters. The summed E-state index contributed by atoms with van der Waals surface area (Å²) in [6, 6.07) is 9.40. The summed E-state index contributed by atoms with van der Waals surface area (Å²) in [5.74, 6) is 0.308. The molecule has 0 aliphatic rings. The van der Waals surface area contributed by atoms with E-state index in [1.165, 1.54) is 0 Å². The number of rotatable bonds is 1. The second-order valence-electron chi connectivity index (χ2n) is 3.15. The number of nitrogens with zero attached hydrogens (tertiary/aromatic N) is 2. The van der Waals surface area contributed by atoms with Gasteiger partial charge < -0.3 is 4.98 Å². The van der Waals surface area contributed by atoms with Crippen molar-refractivity contribution < 1.29 is 0 Å². The second kappa shape index (κ2) is 3.76. The number of halogens is 1. The van der Waals surface area contributed by atoms with Crippen LogP contribution in [0, 0.1) is 18.3 Å². The van der Waals surface area contributed by atoms with E-state index < -0.39 is 0 Å². The average molecular weight is 218 g/mol. The fourth-order valence-corrected chi connectivity index (χ4v) is 1.65. The van der Waals surface area contributed by atoms with Crippen molar-refractivity contribution in [3.05, 3.63) is 40.8 Å². The molecule has 1 heterocycles. The first-order valence-corrected chi connectivity index (χ1v) is 4.82. The zero-order chi connectivity index (χ0) is 10.8. The van der Waals surface area contributed by atoms with Crippen molar-refractivity contribution in [2.24, 2.45) is 0 Å². The van der Waals surface area contributed by atoms with Crippen molar-refractivity contribution in [1.29, 1.82) is 5.26 Å². The predicted octanol–water partition coefficient (Wildman–Crippen LogP) is 2.91. The van der Waals surface area contributed by atoms with Crippen LogP contribution in [-0.2, 0) is 0 Å². The van der Waals surface area contributed by atoms with Crippen LogP contribution in [0.15, 0.2) is 24.3 Å². The van der Waals surface area contributed by atoms with E-state index in [-0.39, 0.29) is 0 Å². The molecule has 3 nitrogen and oxygen atoms in total. The van der Waals surface area contributed by atoms with Crippen LogP contribution in [0.5, 0.6) is 0 Å². The average Bonchev–Trinajstić information content (AvgIpc) is 2.60. The van der Waals surface area contributed by atoms with Crippen LogP contribution in [0.2, 0.25) is 5.02 Å². The largest absolute Gasteiger partial charge is 0.333 e. The van der Waals surface area contributed by atoms with Gasteiger partial charge in [0.15, 0.2) is 0 Å². The Morgan fingerprint density at radius 3 is 2.73 bits per heavy atom. The zero-order valence-corrected chi connectivity index (χ0v) is 8.84. The normalized spacial score (nSPS) is 9.93. The maximum Gasteiger partial charge on any atom is 0.210 e. The summed E-state index contributed by atoms with van der Waals surface area (Å²) < 4.78 is 0. The van der Waals surface area contributed by atoms with E-state index in [2.05, 4.69) is 9.97 Å². The minimum absolute atomic E-state index is 0.308. The van der Waals surface area contributed by atoms with Gasteiger partial charge in [-0.25, -0.2) is 4.98 Å². The van der Waals surface area contributed by atoms with E-state index in [0.29, 0.717) is 10.8 Å². The molecule has 0 saturated carbocycles. The Labute approximate surface area is 92.3 Å². The molecule has 2 rings (SSSR count). The smallest absolute Gasteiger partial charge is 0.210 e. The summed E-state index contributed by atoms with van der Waals surface area (Å²) in [5, 5.41) is 9.35. The van der Waals surface area contributed by atoms with E-state index in [1.807, 2.05) is 31.2 Å².